The normalized spacial score (nSPS) is 15.3. The Morgan fingerprint density at radius 1 is 1.30 bits per heavy atom. The van der Waals surface area contributed by atoms with Gasteiger partial charge in [-0.3, -0.25) is 9.59 Å². The van der Waals surface area contributed by atoms with Crippen molar-refractivity contribution >= 4 is 23.5 Å². The van der Waals surface area contributed by atoms with E-state index in [1.807, 2.05) is 6.07 Å². The smallest absolute Gasteiger partial charge is 0.309 e. The maximum Gasteiger partial charge on any atom is 0.309 e. The van der Waals surface area contributed by atoms with E-state index in [-0.39, 0.29) is 17.8 Å². The van der Waals surface area contributed by atoms with E-state index in [4.69, 9.17) is 21.1 Å². The van der Waals surface area contributed by atoms with Crippen molar-refractivity contribution in [1.82, 2.24) is 4.90 Å². The molecule has 1 fully saturated rings. The van der Waals surface area contributed by atoms with E-state index in [0.29, 0.717) is 49.7 Å². The molecule has 2 rings (SSSR count). The number of ether oxygens (including phenoxy) is 2. The number of nitrogens with zero attached hydrogens (tertiary/aromatic N) is 1. The Morgan fingerprint density at radius 3 is 2.57 bits per heavy atom. The lowest BCUT2D eigenvalue weighted by atomic mass is 9.96. The van der Waals surface area contributed by atoms with Crippen molar-refractivity contribution < 1.29 is 19.1 Å². The quantitative estimate of drug-likeness (QED) is 0.774. The monoisotopic (exact) mass is 339 g/mol. The lowest BCUT2D eigenvalue weighted by molar-refractivity contribution is -0.151. The Bertz CT molecular complexity index is 568. The van der Waals surface area contributed by atoms with Gasteiger partial charge in [-0.1, -0.05) is 17.7 Å². The van der Waals surface area contributed by atoms with Crippen molar-refractivity contribution in [1.29, 1.82) is 0 Å². The molecule has 1 heterocycles. The minimum atomic E-state index is -0.151. The van der Waals surface area contributed by atoms with Crippen molar-refractivity contribution in [2.45, 2.75) is 26.2 Å². The predicted octanol–water partition coefficient (Wildman–Crippen LogP) is 2.69. The second-order valence-corrected chi connectivity index (χ2v) is 5.96. The number of benzene rings is 1. The average molecular weight is 340 g/mol. The largest absolute Gasteiger partial charge is 0.495 e. The number of esters is 1. The summed E-state index contributed by atoms with van der Waals surface area (Å²) in [6, 6.07) is 5.36. The number of rotatable bonds is 5. The highest BCUT2D eigenvalue weighted by molar-refractivity contribution is 6.32. The first kappa shape index (κ1) is 17.6. The first-order valence-electron chi connectivity index (χ1n) is 7.82. The topological polar surface area (TPSA) is 55.8 Å². The van der Waals surface area contributed by atoms with Crippen LogP contribution in [-0.2, 0) is 20.7 Å². The molecule has 1 saturated heterocycles. The minimum absolute atomic E-state index is 0.0496. The van der Waals surface area contributed by atoms with Gasteiger partial charge in [-0.15, -0.1) is 0 Å². The molecular formula is C17H22ClNO4. The number of carbonyl (C=O) groups excluding carboxylic acids is 2. The van der Waals surface area contributed by atoms with Crippen LogP contribution in [0.2, 0.25) is 5.02 Å². The standard InChI is InChI=1S/C17H22ClNO4/c1-3-23-17(21)13-6-8-19(9-7-13)16(20)11-12-4-5-15(22-2)14(18)10-12/h4-5,10,13H,3,6-9,11H2,1-2H3. The second-order valence-electron chi connectivity index (χ2n) is 5.55. The maximum absolute atomic E-state index is 12.4. The van der Waals surface area contributed by atoms with Gasteiger partial charge in [0.15, 0.2) is 0 Å². The van der Waals surface area contributed by atoms with Crippen LogP contribution in [-0.4, -0.2) is 43.6 Å². The predicted molar refractivity (Wildman–Crippen MR) is 87.6 cm³/mol. The van der Waals surface area contributed by atoms with Crippen molar-refractivity contribution in [2.24, 2.45) is 5.92 Å². The van der Waals surface area contributed by atoms with Crippen LogP contribution >= 0.6 is 11.6 Å². The highest BCUT2D eigenvalue weighted by Crippen LogP contribution is 2.26. The van der Waals surface area contributed by atoms with Crippen LogP contribution in [0.4, 0.5) is 0 Å². The van der Waals surface area contributed by atoms with E-state index < -0.39 is 0 Å². The molecule has 6 heteroatoms. The highest BCUT2D eigenvalue weighted by Gasteiger charge is 2.28. The molecule has 0 radical (unpaired) electrons. The molecule has 23 heavy (non-hydrogen) atoms. The SMILES string of the molecule is CCOC(=O)C1CCN(C(=O)Cc2ccc(OC)c(Cl)c2)CC1. The highest BCUT2D eigenvalue weighted by atomic mass is 35.5. The van der Waals surface area contributed by atoms with Gasteiger partial charge in [0.1, 0.15) is 5.75 Å². The average Bonchev–Trinajstić information content (AvgIpc) is 2.55. The van der Waals surface area contributed by atoms with Gasteiger partial charge >= 0.3 is 5.97 Å². The minimum Gasteiger partial charge on any atom is -0.495 e. The maximum atomic E-state index is 12.4. The molecule has 126 valence electrons. The Kier molecular flexibility index (Phi) is 6.28. The molecule has 5 nitrogen and oxygen atoms in total. The van der Waals surface area contributed by atoms with Crippen LogP contribution in [0, 0.1) is 5.92 Å². The van der Waals surface area contributed by atoms with E-state index in [9.17, 15) is 9.59 Å². The lowest BCUT2D eigenvalue weighted by Gasteiger charge is -2.31. The summed E-state index contributed by atoms with van der Waals surface area (Å²) >= 11 is 6.08. The summed E-state index contributed by atoms with van der Waals surface area (Å²) in [4.78, 5) is 25.9. The number of likely N-dealkylation sites (tertiary alicyclic amines) is 1. The third-order valence-corrected chi connectivity index (χ3v) is 4.33. The fraction of sp³-hybridized carbons (Fsp3) is 0.529. The Labute approximate surface area is 141 Å². The molecule has 0 atom stereocenters. The van der Waals surface area contributed by atoms with E-state index >= 15 is 0 Å². The molecule has 0 unspecified atom stereocenters. The molecule has 1 aromatic rings. The summed E-state index contributed by atoms with van der Waals surface area (Å²) in [7, 11) is 1.56. The van der Waals surface area contributed by atoms with E-state index in [1.165, 1.54) is 0 Å². The molecule has 0 aliphatic carbocycles. The Hall–Kier alpha value is -1.75. The molecule has 0 aromatic heterocycles. The Balaban J connectivity index is 1.88. The molecule has 0 saturated carbocycles. The zero-order chi connectivity index (χ0) is 16.8. The summed E-state index contributed by atoms with van der Waals surface area (Å²) in [6.45, 7) is 3.38. The molecule has 0 spiro atoms. The lowest BCUT2D eigenvalue weighted by Crippen LogP contribution is -2.41. The van der Waals surface area contributed by atoms with Crippen LogP contribution in [0.15, 0.2) is 18.2 Å². The number of halogens is 1. The van der Waals surface area contributed by atoms with Gasteiger partial charge in [0, 0.05) is 13.1 Å². The van der Waals surface area contributed by atoms with Crippen molar-refractivity contribution in [2.75, 3.05) is 26.8 Å². The van der Waals surface area contributed by atoms with Crippen LogP contribution in [0.5, 0.6) is 5.75 Å². The number of piperidine rings is 1. The van der Waals surface area contributed by atoms with Crippen molar-refractivity contribution in [3.05, 3.63) is 28.8 Å². The number of amides is 1. The number of methoxy groups -OCH3 is 1. The molecule has 1 aliphatic heterocycles. The molecule has 1 amide bonds. The summed E-state index contributed by atoms with van der Waals surface area (Å²) < 4.78 is 10.1. The van der Waals surface area contributed by atoms with E-state index in [1.54, 1.807) is 31.1 Å². The molecule has 0 N–H and O–H groups in total. The fourth-order valence-corrected chi connectivity index (χ4v) is 3.01. The van der Waals surface area contributed by atoms with Gasteiger partial charge in [-0.25, -0.2) is 0 Å². The first-order chi connectivity index (χ1) is 11.0. The summed E-state index contributed by atoms with van der Waals surface area (Å²) in [5.74, 6) is 0.405. The zero-order valence-electron chi connectivity index (χ0n) is 13.5. The first-order valence-corrected chi connectivity index (χ1v) is 8.19. The van der Waals surface area contributed by atoms with Gasteiger partial charge in [0.25, 0.3) is 0 Å². The molecule has 0 bridgehead atoms. The van der Waals surface area contributed by atoms with Crippen LogP contribution in [0.1, 0.15) is 25.3 Å². The third-order valence-electron chi connectivity index (χ3n) is 4.04. The fourth-order valence-electron chi connectivity index (χ4n) is 2.73. The number of hydrogen-bond acceptors (Lipinski definition) is 4. The van der Waals surface area contributed by atoms with Crippen LogP contribution < -0.4 is 4.74 Å². The van der Waals surface area contributed by atoms with Gasteiger partial charge in [-0.05, 0) is 37.5 Å². The second kappa shape index (κ2) is 8.20. The van der Waals surface area contributed by atoms with E-state index in [2.05, 4.69) is 0 Å². The number of carbonyl (C=O) groups is 2. The summed E-state index contributed by atoms with van der Waals surface area (Å²) in [6.07, 6.45) is 1.62. The molecule has 1 aliphatic rings. The summed E-state index contributed by atoms with van der Waals surface area (Å²) in [5.41, 5.74) is 0.855. The van der Waals surface area contributed by atoms with Crippen molar-refractivity contribution in [3.63, 3.8) is 0 Å². The Morgan fingerprint density at radius 2 is 2.00 bits per heavy atom. The zero-order valence-corrected chi connectivity index (χ0v) is 14.3. The van der Waals surface area contributed by atoms with Crippen LogP contribution in [0.3, 0.4) is 0 Å². The molecular weight excluding hydrogens is 318 g/mol. The van der Waals surface area contributed by atoms with Gasteiger partial charge in [0.05, 0.1) is 31.1 Å². The molecule has 1 aromatic carbocycles. The van der Waals surface area contributed by atoms with Gasteiger partial charge in [0.2, 0.25) is 5.91 Å². The van der Waals surface area contributed by atoms with Crippen molar-refractivity contribution in [3.8, 4) is 5.75 Å². The third kappa shape index (κ3) is 4.61. The van der Waals surface area contributed by atoms with Gasteiger partial charge < -0.3 is 14.4 Å². The number of hydrogen-bond donors (Lipinski definition) is 0. The van der Waals surface area contributed by atoms with E-state index in [0.717, 1.165) is 5.56 Å². The van der Waals surface area contributed by atoms with Gasteiger partial charge in [-0.2, -0.15) is 0 Å². The summed E-state index contributed by atoms with van der Waals surface area (Å²) in [5, 5.41) is 0.499. The van der Waals surface area contributed by atoms with Crippen LogP contribution in [0.25, 0.3) is 0 Å².